The normalized spacial score (nSPS) is 10.6. The summed E-state index contributed by atoms with van der Waals surface area (Å²) >= 11 is 1.55. The number of aromatic nitrogens is 1. The third-order valence-electron chi connectivity index (χ3n) is 3.68. The average molecular weight is 338 g/mol. The van der Waals surface area contributed by atoms with E-state index in [1.165, 1.54) is 5.56 Å². The van der Waals surface area contributed by atoms with Crippen molar-refractivity contribution in [1.82, 2.24) is 10.5 Å². The lowest BCUT2D eigenvalue weighted by Gasteiger charge is -2.06. The Balaban J connectivity index is 1.67. The average Bonchev–Trinajstić information content (AvgIpc) is 3.09. The Labute approximate surface area is 145 Å². The van der Waals surface area contributed by atoms with Gasteiger partial charge in [0.25, 0.3) is 5.91 Å². The van der Waals surface area contributed by atoms with Crippen molar-refractivity contribution in [1.29, 1.82) is 0 Å². The van der Waals surface area contributed by atoms with Crippen LogP contribution in [0.4, 0.5) is 0 Å². The molecule has 0 aliphatic heterocycles. The quantitative estimate of drug-likeness (QED) is 0.705. The topological polar surface area (TPSA) is 55.1 Å². The summed E-state index contributed by atoms with van der Waals surface area (Å²) in [7, 11) is 0. The highest BCUT2D eigenvalue weighted by Gasteiger charge is 2.12. The Hall–Kier alpha value is -2.53. The lowest BCUT2D eigenvalue weighted by Crippen LogP contribution is -2.23. The van der Waals surface area contributed by atoms with Crippen molar-refractivity contribution in [3.05, 3.63) is 71.4 Å². The molecule has 0 bridgehead atoms. The molecule has 0 aliphatic rings. The van der Waals surface area contributed by atoms with Crippen molar-refractivity contribution in [2.45, 2.75) is 18.4 Å². The molecule has 0 atom stereocenters. The van der Waals surface area contributed by atoms with E-state index in [2.05, 4.69) is 10.5 Å². The number of nitrogens with zero attached hydrogens (tertiary/aromatic N) is 1. The first-order chi connectivity index (χ1) is 11.7. The molecule has 24 heavy (non-hydrogen) atoms. The summed E-state index contributed by atoms with van der Waals surface area (Å²) in [5.41, 5.74) is 3.53. The summed E-state index contributed by atoms with van der Waals surface area (Å²) in [6.45, 7) is 2.37. The summed E-state index contributed by atoms with van der Waals surface area (Å²) in [5, 5.41) is 6.92. The fourth-order valence-electron chi connectivity index (χ4n) is 2.35. The lowest BCUT2D eigenvalue weighted by atomic mass is 10.1. The zero-order valence-electron chi connectivity index (χ0n) is 13.6. The van der Waals surface area contributed by atoms with E-state index in [0.717, 1.165) is 10.5 Å². The van der Waals surface area contributed by atoms with Crippen LogP contribution in [-0.2, 0) is 6.54 Å². The van der Waals surface area contributed by atoms with E-state index in [-0.39, 0.29) is 5.91 Å². The fraction of sp³-hybridized carbons (Fsp3) is 0.158. The molecule has 0 fully saturated rings. The minimum Gasteiger partial charge on any atom is -0.356 e. The second-order valence-electron chi connectivity index (χ2n) is 5.43. The zero-order chi connectivity index (χ0) is 16.9. The van der Waals surface area contributed by atoms with Crippen LogP contribution in [0, 0.1) is 6.92 Å². The van der Waals surface area contributed by atoms with Gasteiger partial charge in [-0.25, -0.2) is 0 Å². The predicted molar refractivity (Wildman–Crippen MR) is 96.1 cm³/mol. The number of hydrogen-bond donors (Lipinski definition) is 1. The summed E-state index contributed by atoms with van der Waals surface area (Å²) in [6.07, 6.45) is 1.96. The van der Waals surface area contributed by atoms with E-state index >= 15 is 0 Å². The number of nitrogens with one attached hydrogen (secondary N) is 1. The Morgan fingerprint density at radius 3 is 2.67 bits per heavy atom. The van der Waals surface area contributed by atoms with Gasteiger partial charge in [0.1, 0.15) is 5.69 Å². The fourth-order valence-corrected chi connectivity index (χ4v) is 2.94. The van der Waals surface area contributed by atoms with Crippen LogP contribution in [-0.4, -0.2) is 17.3 Å². The number of thioether (sulfide) groups is 1. The molecule has 2 aromatic carbocycles. The minimum absolute atomic E-state index is 0.111. The minimum atomic E-state index is -0.111. The van der Waals surface area contributed by atoms with Crippen LogP contribution in [0.2, 0.25) is 0 Å². The van der Waals surface area contributed by atoms with Crippen molar-refractivity contribution >= 4 is 17.7 Å². The molecule has 3 aromatic rings. The number of benzene rings is 2. The van der Waals surface area contributed by atoms with E-state index < -0.39 is 0 Å². The second-order valence-corrected chi connectivity index (χ2v) is 6.28. The number of rotatable bonds is 5. The number of aryl methyl sites for hydroxylation is 1. The molecule has 5 heteroatoms. The molecule has 0 spiro atoms. The highest BCUT2D eigenvalue weighted by Crippen LogP contribution is 2.22. The highest BCUT2D eigenvalue weighted by molar-refractivity contribution is 7.98. The van der Waals surface area contributed by atoms with Crippen molar-refractivity contribution in [2.75, 3.05) is 6.26 Å². The van der Waals surface area contributed by atoms with E-state index in [4.69, 9.17) is 4.52 Å². The van der Waals surface area contributed by atoms with Gasteiger partial charge in [-0.2, -0.15) is 0 Å². The first-order valence-corrected chi connectivity index (χ1v) is 8.83. The van der Waals surface area contributed by atoms with Gasteiger partial charge in [-0.15, -0.1) is 11.8 Å². The van der Waals surface area contributed by atoms with E-state index in [1.54, 1.807) is 11.8 Å². The molecule has 1 aromatic heterocycles. The molecule has 3 rings (SSSR count). The maximum absolute atomic E-state index is 12.3. The van der Waals surface area contributed by atoms with Crippen LogP contribution in [0.1, 0.15) is 21.6 Å². The van der Waals surface area contributed by atoms with Gasteiger partial charge < -0.3 is 9.84 Å². The van der Waals surface area contributed by atoms with E-state index in [9.17, 15) is 4.79 Å². The van der Waals surface area contributed by atoms with E-state index in [1.807, 2.05) is 67.8 Å². The molecule has 0 unspecified atom stereocenters. The smallest absolute Gasteiger partial charge is 0.252 e. The Bertz CT molecular complexity index is 841. The molecule has 4 nitrogen and oxygen atoms in total. The first-order valence-electron chi connectivity index (χ1n) is 7.61. The van der Waals surface area contributed by atoms with Crippen molar-refractivity contribution in [2.24, 2.45) is 0 Å². The monoisotopic (exact) mass is 338 g/mol. The molecule has 1 amide bonds. The number of carbonyl (C=O) groups is 1. The summed E-state index contributed by atoms with van der Waals surface area (Å²) in [6, 6.07) is 17.4. The standard InChI is InChI=1S/C19H18N2O2S/c1-13-7-9-14(10-8-13)17-11-15(21-23-17)12-20-19(22)16-5-3-4-6-18(16)24-2/h3-11H,12H2,1-2H3,(H,20,22). The SMILES string of the molecule is CSc1ccccc1C(=O)NCc1cc(-c2ccc(C)cc2)on1. The van der Waals surface area contributed by atoms with Gasteiger partial charge in [0.05, 0.1) is 12.1 Å². The van der Waals surface area contributed by atoms with Crippen LogP contribution < -0.4 is 5.32 Å². The van der Waals surface area contributed by atoms with Crippen LogP contribution in [0.25, 0.3) is 11.3 Å². The molecule has 0 radical (unpaired) electrons. The summed E-state index contributed by atoms with van der Waals surface area (Å²) in [5.74, 6) is 0.587. The Morgan fingerprint density at radius 2 is 1.92 bits per heavy atom. The molecular weight excluding hydrogens is 320 g/mol. The largest absolute Gasteiger partial charge is 0.356 e. The second kappa shape index (κ2) is 7.36. The summed E-state index contributed by atoms with van der Waals surface area (Å²) < 4.78 is 5.37. The Kier molecular flexibility index (Phi) is 5.01. The molecular formula is C19H18N2O2S. The third-order valence-corrected chi connectivity index (χ3v) is 4.47. The maximum Gasteiger partial charge on any atom is 0.252 e. The van der Waals surface area contributed by atoms with Crippen LogP contribution in [0.3, 0.4) is 0 Å². The lowest BCUT2D eigenvalue weighted by molar-refractivity contribution is 0.0947. The van der Waals surface area contributed by atoms with Gasteiger partial charge in [-0.1, -0.05) is 47.1 Å². The molecule has 0 aliphatic carbocycles. The van der Waals surface area contributed by atoms with Gasteiger partial charge in [0.15, 0.2) is 5.76 Å². The third kappa shape index (κ3) is 3.68. The zero-order valence-corrected chi connectivity index (χ0v) is 14.4. The van der Waals surface area contributed by atoms with Crippen LogP contribution in [0.15, 0.2) is 64.0 Å². The van der Waals surface area contributed by atoms with Crippen LogP contribution >= 0.6 is 11.8 Å². The number of hydrogen-bond acceptors (Lipinski definition) is 4. The van der Waals surface area contributed by atoms with Crippen molar-refractivity contribution in [3.8, 4) is 11.3 Å². The van der Waals surface area contributed by atoms with Gasteiger partial charge in [0, 0.05) is 16.5 Å². The molecule has 122 valence electrons. The van der Waals surface area contributed by atoms with Crippen LogP contribution in [0.5, 0.6) is 0 Å². The van der Waals surface area contributed by atoms with Gasteiger partial charge in [0.2, 0.25) is 0 Å². The molecule has 1 heterocycles. The molecule has 0 saturated carbocycles. The van der Waals surface area contributed by atoms with Gasteiger partial charge in [-0.3, -0.25) is 4.79 Å². The predicted octanol–water partition coefficient (Wildman–Crippen LogP) is 4.30. The maximum atomic E-state index is 12.3. The summed E-state index contributed by atoms with van der Waals surface area (Å²) in [4.78, 5) is 13.3. The number of carbonyl (C=O) groups excluding carboxylic acids is 1. The number of amides is 1. The highest BCUT2D eigenvalue weighted by atomic mass is 32.2. The van der Waals surface area contributed by atoms with E-state index in [0.29, 0.717) is 23.6 Å². The first kappa shape index (κ1) is 16.3. The molecule has 0 saturated heterocycles. The Morgan fingerprint density at radius 1 is 1.17 bits per heavy atom. The van der Waals surface area contributed by atoms with Gasteiger partial charge >= 0.3 is 0 Å². The van der Waals surface area contributed by atoms with Crippen molar-refractivity contribution < 1.29 is 9.32 Å². The molecule has 1 N–H and O–H groups in total. The van der Waals surface area contributed by atoms with Crippen molar-refractivity contribution in [3.63, 3.8) is 0 Å². The van der Waals surface area contributed by atoms with Gasteiger partial charge in [-0.05, 0) is 25.3 Å².